The van der Waals surface area contributed by atoms with E-state index in [9.17, 15) is 9.90 Å². The van der Waals surface area contributed by atoms with Crippen molar-refractivity contribution in [1.29, 1.82) is 0 Å². The van der Waals surface area contributed by atoms with Crippen molar-refractivity contribution in [2.45, 2.75) is 20.3 Å². The van der Waals surface area contributed by atoms with Crippen LogP contribution in [0.1, 0.15) is 29.3 Å². The van der Waals surface area contributed by atoms with E-state index in [0.29, 0.717) is 24.6 Å². The van der Waals surface area contributed by atoms with Gasteiger partial charge in [-0.25, -0.2) is 0 Å². The summed E-state index contributed by atoms with van der Waals surface area (Å²) in [7, 11) is 0. The first-order chi connectivity index (χ1) is 8.04. The van der Waals surface area contributed by atoms with E-state index < -0.39 is 0 Å². The fourth-order valence-electron chi connectivity index (χ4n) is 1.51. The third-order valence-corrected chi connectivity index (χ3v) is 2.74. The van der Waals surface area contributed by atoms with Crippen LogP contribution in [-0.2, 0) is 0 Å². The molecular weight excluding hydrogens is 216 g/mol. The zero-order valence-corrected chi connectivity index (χ0v) is 10.4. The monoisotopic (exact) mass is 236 g/mol. The maximum absolute atomic E-state index is 11.8. The van der Waals surface area contributed by atoms with Crippen LogP contribution in [0, 0.1) is 12.8 Å². The normalized spacial score (nSPS) is 12.2. The van der Waals surface area contributed by atoms with E-state index in [0.717, 1.165) is 12.0 Å². The average Bonchev–Trinajstić information content (AvgIpc) is 2.30. The Kier molecular flexibility index (Phi) is 4.97. The van der Waals surface area contributed by atoms with Gasteiger partial charge >= 0.3 is 0 Å². The van der Waals surface area contributed by atoms with Crippen LogP contribution in [0.3, 0.4) is 0 Å². The van der Waals surface area contributed by atoms with Crippen LogP contribution in [0.25, 0.3) is 0 Å². The van der Waals surface area contributed by atoms with E-state index in [2.05, 4.69) is 5.32 Å². The first kappa shape index (κ1) is 13.5. The summed E-state index contributed by atoms with van der Waals surface area (Å²) in [6.45, 7) is 5.06. The van der Waals surface area contributed by atoms with Gasteiger partial charge in [-0.3, -0.25) is 4.79 Å². The van der Waals surface area contributed by atoms with Gasteiger partial charge in [0.1, 0.15) is 5.75 Å². The number of benzene rings is 1. The summed E-state index contributed by atoms with van der Waals surface area (Å²) in [4.78, 5) is 11.8. The van der Waals surface area contributed by atoms with Crippen molar-refractivity contribution < 1.29 is 9.90 Å². The highest BCUT2D eigenvalue weighted by atomic mass is 16.3. The van der Waals surface area contributed by atoms with Crippen LogP contribution in [-0.4, -0.2) is 24.1 Å². The average molecular weight is 236 g/mol. The van der Waals surface area contributed by atoms with Crippen molar-refractivity contribution in [1.82, 2.24) is 5.32 Å². The van der Waals surface area contributed by atoms with Gasteiger partial charge in [0, 0.05) is 12.1 Å². The molecule has 0 aliphatic carbocycles. The van der Waals surface area contributed by atoms with Gasteiger partial charge < -0.3 is 16.2 Å². The molecule has 0 bridgehead atoms. The van der Waals surface area contributed by atoms with Crippen molar-refractivity contribution >= 4 is 5.91 Å². The molecule has 94 valence electrons. The Morgan fingerprint density at radius 2 is 2.24 bits per heavy atom. The minimum atomic E-state index is -0.163. The quantitative estimate of drug-likeness (QED) is 0.723. The fraction of sp³-hybridized carbons (Fsp3) is 0.462. The van der Waals surface area contributed by atoms with E-state index in [1.165, 1.54) is 6.07 Å². The highest BCUT2D eigenvalue weighted by Crippen LogP contribution is 2.17. The Bertz CT molecular complexity index is 391. The lowest BCUT2D eigenvalue weighted by molar-refractivity contribution is 0.0947. The maximum atomic E-state index is 11.8. The van der Waals surface area contributed by atoms with Crippen LogP contribution in [0.4, 0.5) is 0 Å². The third kappa shape index (κ3) is 4.07. The number of phenols is 1. The summed E-state index contributed by atoms with van der Waals surface area (Å²) in [5, 5.41) is 12.3. The predicted molar refractivity (Wildman–Crippen MR) is 68.0 cm³/mol. The maximum Gasteiger partial charge on any atom is 0.251 e. The Hall–Kier alpha value is -1.55. The zero-order chi connectivity index (χ0) is 12.8. The van der Waals surface area contributed by atoms with Crippen LogP contribution in [0.2, 0.25) is 0 Å². The number of nitrogens with one attached hydrogen (secondary N) is 1. The van der Waals surface area contributed by atoms with Gasteiger partial charge in [0.15, 0.2) is 0 Å². The molecule has 0 radical (unpaired) electrons. The van der Waals surface area contributed by atoms with Gasteiger partial charge in [-0.15, -0.1) is 0 Å². The standard InChI is InChI=1S/C13H20N2O2/c1-9(5-6-14)8-15-13(17)11-4-3-10(2)12(16)7-11/h3-4,7,9,16H,5-6,8,14H2,1-2H3,(H,15,17). The van der Waals surface area contributed by atoms with E-state index in [-0.39, 0.29) is 11.7 Å². The number of amides is 1. The lowest BCUT2D eigenvalue weighted by Gasteiger charge is -2.11. The van der Waals surface area contributed by atoms with Gasteiger partial charge in [-0.05, 0) is 43.5 Å². The van der Waals surface area contributed by atoms with Gasteiger partial charge in [-0.2, -0.15) is 0 Å². The van der Waals surface area contributed by atoms with E-state index in [1.807, 2.05) is 6.92 Å². The number of rotatable bonds is 5. The third-order valence-electron chi connectivity index (χ3n) is 2.74. The molecular formula is C13H20N2O2. The van der Waals surface area contributed by atoms with Gasteiger partial charge in [0.05, 0.1) is 0 Å². The predicted octanol–water partition coefficient (Wildman–Crippen LogP) is 1.42. The van der Waals surface area contributed by atoms with Gasteiger partial charge in [-0.1, -0.05) is 13.0 Å². The van der Waals surface area contributed by atoms with E-state index in [4.69, 9.17) is 5.73 Å². The molecule has 1 amide bonds. The number of aryl methyl sites for hydroxylation is 1. The highest BCUT2D eigenvalue weighted by Gasteiger charge is 2.08. The second-order valence-electron chi connectivity index (χ2n) is 4.39. The van der Waals surface area contributed by atoms with Crippen LogP contribution >= 0.6 is 0 Å². The molecule has 0 spiro atoms. The largest absolute Gasteiger partial charge is 0.508 e. The Balaban J connectivity index is 2.55. The lowest BCUT2D eigenvalue weighted by atomic mass is 10.1. The molecule has 0 saturated carbocycles. The SMILES string of the molecule is Cc1ccc(C(=O)NCC(C)CCN)cc1O. The zero-order valence-electron chi connectivity index (χ0n) is 10.4. The molecule has 0 heterocycles. The molecule has 0 saturated heterocycles. The first-order valence-corrected chi connectivity index (χ1v) is 5.82. The molecule has 1 unspecified atom stereocenters. The van der Waals surface area contributed by atoms with Crippen LogP contribution in [0.5, 0.6) is 5.75 Å². The first-order valence-electron chi connectivity index (χ1n) is 5.82. The number of phenolic OH excluding ortho intramolecular Hbond substituents is 1. The van der Waals surface area contributed by atoms with Crippen molar-refractivity contribution in [3.63, 3.8) is 0 Å². The summed E-state index contributed by atoms with van der Waals surface area (Å²) in [5.41, 5.74) is 6.68. The second-order valence-corrected chi connectivity index (χ2v) is 4.39. The van der Waals surface area contributed by atoms with E-state index in [1.54, 1.807) is 19.1 Å². The number of carbonyl (C=O) groups is 1. The number of nitrogens with two attached hydrogens (primary N) is 1. The number of aromatic hydroxyl groups is 1. The summed E-state index contributed by atoms with van der Waals surface area (Å²) in [5.74, 6) is 0.347. The Morgan fingerprint density at radius 1 is 1.53 bits per heavy atom. The Labute approximate surface area is 102 Å². The van der Waals surface area contributed by atoms with E-state index >= 15 is 0 Å². The molecule has 0 fully saturated rings. The molecule has 1 aromatic carbocycles. The summed E-state index contributed by atoms with van der Waals surface area (Å²) < 4.78 is 0. The highest BCUT2D eigenvalue weighted by molar-refractivity contribution is 5.94. The molecule has 17 heavy (non-hydrogen) atoms. The molecule has 4 heteroatoms. The molecule has 0 aromatic heterocycles. The van der Waals surface area contributed by atoms with Gasteiger partial charge in [0.2, 0.25) is 0 Å². The topological polar surface area (TPSA) is 75.4 Å². The molecule has 4 N–H and O–H groups in total. The molecule has 1 atom stereocenters. The molecule has 0 aliphatic rings. The van der Waals surface area contributed by atoms with Crippen molar-refractivity contribution in [2.24, 2.45) is 11.7 Å². The molecule has 1 rings (SSSR count). The second kappa shape index (κ2) is 6.25. The summed E-state index contributed by atoms with van der Waals surface area (Å²) >= 11 is 0. The van der Waals surface area contributed by atoms with Crippen molar-refractivity contribution in [3.8, 4) is 5.75 Å². The Morgan fingerprint density at radius 3 is 2.82 bits per heavy atom. The van der Waals surface area contributed by atoms with Crippen molar-refractivity contribution in [2.75, 3.05) is 13.1 Å². The number of hydrogen-bond donors (Lipinski definition) is 3. The fourth-order valence-corrected chi connectivity index (χ4v) is 1.51. The van der Waals surface area contributed by atoms with Gasteiger partial charge in [0.25, 0.3) is 5.91 Å². The van der Waals surface area contributed by atoms with Crippen LogP contribution in [0.15, 0.2) is 18.2 Å². The minimum absolute atomic E-state index is 0.146. The smallest absolute Gasteiger partial charge is 0.251 e. The lowest BCUT2D eigenvalue weighted by Crippen LogP contribution is -2.29. The molecule has 4 nitrogen and oxygen atoms in total. The summed E-state index contributed by atoms with van der Waals surface area (Å²) in [6, 6.07) is 4.92. The van der Waals surface area contributed by atoms with Crippen LogP contribution < -0.4 is 11.1 Å². The molecule has 0 aliphatic heterocycles. The summed E-state index contributed by atoms with van der Waals surface area (Å²) in [6.07, 6.45) is 0.888. The molecule has 1 aromatic rings. The minimum Gasteiger partial charge on any atom is -0.508 e. The number of carbonyl (C=O) groups excluding carboxylic acids is 1. The number of hydrogen-bond acceptors (Lipinski definition) is 3. The van der Waals surface area contributed by atoms with Crippen molar-refractivity contribution in [3.05, 3.63) is 29.3 Å².